The summed E-state index contributed by atoms with van der Waals surface area (Å²) in [6.07, 6.45) is 0.810. The van der Waals surface area contributed by atoms with Gasteiger partial charge in [0.1, 0.15) is 5.75 Å². The zero-order chi connectivity index (χ0) is 12.1. The normalized spacial score (nSPS) is 14.6. The molecule has 0 heterocycles. The van der Waals surface area contributed by atoms with Crippen LogP contribution in [0.15, 0.2) is 18.2 Å². The second-order valence-corrected chi connectivity index (χ2v) is 4.12. The summed E-state index contributed by atoms with van der Waals surface area (Å²) in [6, 6.07) is 6.12. The Kier molecular flexibility index (Phi) is 4.77. The molecule has 2 N–H and O–H groups in total. The maximum atomic E-state index is 6.05. The molecule has 0 aliphatic heterocycles. The van der Waals surface area contributed by atoms with Gasteiger partial charge in [-0.05, 0) is 31.9 Å². The van der Waals surface area contributed by atoms with E-state index in [4.69, 9.17) is 15.2 Å². The molecule has 2 unspecified atom stereocenters. The van der Waals surface area contributed by atoms with Gasteiger partial charge in [0.05, 0.1) is 13.2 Å². The topological polar surface area (TPSA) is 44.5 Å². The Labute approximate surface area is 97.6 Å². The fourth-order valence-electron chi connectivity index (χ4n) is 1.66. The summed E-state index contributed by atoms with van der Waals surface area (Å²) in [5.41, 5.74) is 8.41. The highest BCUT2D eigenvalue weighted by Gasteiger charge is 2.14. The minimum Gasteiger partial charge on any atom is -0.496 e. The van der Waals surface area contributed by atoms with E-state index in [0.29, 0.717) is 0 Å². The van der Waals surface area contributed by atoms with E-state index in [1.807, 2.05) is 19.1 Å². The van der Waals surface area contributed by atoms with Crippen LogP contribution in [0.5, 0.6) is 5.75 Å². The Morgan fingerprint density at radius 2 is 2.00 bits per heavy atom. The number of methoxy groups -OCH3 is 2. The Morgan fingerprint density at radius 3 is 2.56 bits per heavy atom. The largest absolute Gasteiger partial charge is 0.496 e. The van der Waals surface area contributed by atoms with Crippen LogP contribution >= 0.6 is 0 Å². The maximum absolute atomic E-state index is 6.05. The van der Waals surface area contributed by atoms with Gasteiger partial charge in [0, 0.05) is 13.2 Å². The molecule has 90 valence electrons. The molecule has 0 saturated heterocycles. The van der Waals surface area contributed by atoms with Gasteiger partial charge < -0.3 is 15.2 Å². The molecule has 16 heavy (non-hydrogen) atoms. The van der Waals surface area contributed by atoms with E-state index >= 15 is 0 Å². The molecule has 0 fully saturated rings. The third kappa shape index (κ3) is 3.22. The minimum atomic E-state index is -0.0132. The van der Waals surface area contributed by atoms with Crippen molar-refractivity contribution in [2.24, 2.45) is 5.73 Å². The zero-order valence-electron chi connectivity index (χ0n) is 10.5. The quantitative estimate of drug-likeness (QED) is 0.829. The molecule has 0 spiro atoms. The molecular weight excluding hydrogens is 202 g/mol. The highest BCUT2D eigenvalue weighted by molar-refractivity contribution is 5.37. The smallest absolute Gasteiger partial charge is 0.122 e. The first-order valence-electron chi connectivity index (χ1n) is 5.50. The third-order valence-corrected chi connectivity index (χ3v) is 2.87. The van der Waals surface area contributed by atoms with Crippen molar-refractivity contribution in [1.29, 1.82) is 0 Å². The molecule has 0 aliphatic rings. The van der Waals surface area contributed by atoms with Crippen LogP contribution in [0.4, 0.5) is 0 Å². The van der Waals surface area contributed by atoms with Crippen LogP contribution in [0.1, 0.15) is 18.1 Å². The summed E-state index contributed by atoms with van der Waals surface area (Å²) in [4.78, 5) is 0. The Hall–Kier alpha value is -1.06. The molecule has 3 heteroatoms. The number of rotatable bonds is 5. The monoisotopic (exact) mass is 223 g/mol. The maximum Gasteiger partial charge on any atom is 0.122 e. The van der Waals surface area contributed by atoms with Crippen molar-refractivity contribution < 1.29 is 9.47 Å². The van der Waals surface area contributed by atoms with Crippen LogP contribution in [0.3, 0.4) is 0 Å². The number of aryl methyl sites for hydroxylation is 1. The van der Waals surface area contributed by atoms with Gasteiger partial charge in [-0.1, -0.05) is 17.7 Å². The first kappa shape index (κ1) is 13.0. The summed E-state index contributed by atoms with van der Waals surface area (Å²) in [5, 5.41) is 0. The summed E-state index contributed by atoms with van der Waals surface area (Å²) >= 11 is 0. The van der Waals surface area contributed by atoms with Crippen LogP contribution in [-0.2, 0) is 11.2 Å². The first-order valence-corrected chi connectivity index (χ1v) is 5.50. The molecule has 0 amide bonds. The van der Waals surface area contributed by atoms with Crippen molar-refractivity contribution in [2.45, 2.75) is 32.4 Å². The molecule has 1 aromatic carbocycles. The predicted octanol–water partition coefficient (Wildman–Crippen LogP) is 1.91. The third-order valence-electron chi connectivity index (χ3n) is 2.87. The fraction of sp³-hybridized carbons (Fsp3) is 0.538. The van der Waals surface area contributed by atoms with Crippen molar-refractivity contribution in [1.82, 2.24) is 0 Å². The number of benzene rings is 1. The highest BCUT2D eigenvalue weighted by atomic mass is 16.5. The number of hydrogen-bond donors (Lipinski definition) is 1. The molecule has 3 nitrogen and oxygen atoms in total. The predicted molar refractivity (Wildman–Crippen MR) is 65.9 cm³/mol. The Balaban J connectivity index is 2.82. The van der Waals surface area contributed by atoms with Crippen LogP contribution in [0.2, 0.25) is 0 Å². The van der Waals surface area contributed by atoms with E-state index < -0.39 is 0 Å². The van der Waals surface area contributed by atoms with Crippen molar-refractivity contribution >= 4 is 0 Å². The van der Waals surface area contributed by atoms with Crippen molar-refractivity contribution in [3.8, 4) is 5.75 Å². The van der Waals surface area contributed by atoms with Crippen LogP contribution in [0, 0.1) is 6.92 Å². The van der Waals surface area contributed by atoms with E-state index in [2.05, 4.69) is 13.0 Å². The average Bonchev–Trinajstić information content (AvgIpc) is 2.28. The molecule has 0 radical (unpaired) electrons. The van der Waals surface area contributed by atoms with E-state index in [1.165, 1.54) is 5.56 Å². The van der Waals surface area contributed by atoms with Crippen molar-refractivity contribution in [3.63, 3.8) is 0 Å². The van der Waals surface area contributed by atoms with E-state index in [-0.39, 0.29) is 12.1 Å². The van der Waals surface area contributed by atoms with Crippen LogP contribution in [-0.4, -0.2) is 26.4 Å². The van der Waals surface area contributed by atoms with Gasteiger partial charge in [0.15, 0.2) is 0 Å². The molecule has 1 rings (SSSR count). The molecule has 0 bridgehead atoms. The zero-order valence-corrected chi connectivity index (χ0v) is 10.5. The van der Waals surface area contributed by atoms with Gasteiger partial charge in [-0.15, -0.1) is 0 Å². The SMILES string of the molecule is COc1ccc(C)cc1CC(N)C(C)OC. The first-order chi connectivity index (χ1) is 7.58. The van der Waals surface area contributed by atoms with Crippen LogP contribution < -0.4 is 10.5 Å². The Morgan fingerprint density at radius 1 is 1.31 bits per heavy atom. The number of nitrogens with two attached hydrogens (primary N) is 1. The summed E-state index contributed by atoms with van der Waals surface area (Å²) in [7, 11) is 3.36. The summed E-state index contributed by atoms with van der Waals surface area (Å²) in [6.45, 7) is 4.04. The lowest BCUT2D eigenvalue weighted by Gasteiger charge is -2.19. The second-order valence-electron chi connectivity index (χ2n) is 4.12. The van der Waals surface area contributed by atoms with E-state index in [0.717, 1.165) is 17.7 Å². The summed E-state index contributed by atoms with van der Waals surface area (Å²) < 4.78 is 10.5. The molecule has 1 aromatic rings. The average molecular weight is 223 g/mol. The van der Waals surface area contributed by atoms with Crippen molar-refractivity contribution in [3.05, 3.63) is 29.3 Å². The van der Waals surface area contributed by atoms with Crippen LogP contribution in [0.25, 0.3) is 0 Å². The molecule has 0 aliphatic carbocycles. The molecule has 0 aromatic heterocycles. The lowest BCUT2D eigenvalue weighted by molar-refractivity contribution is 0.0954. The minimum absolute atomic E-state index is 0.0132. The van der Waals surface area contributed by atoms with E-state index in [1.54, 1.807) is 14.2 Å². The second kappa shape index (κ2) is 5.87. The van der Waals surface area contributed by atoms with Gasteiger partial charge >= 0.3 is 0 Å². The standard InChI is InChI=1S/C13H21NO2/c1-9-5-6-13(16-4)11(7-9)8-12(14)10(2)15-3/h5-7,10,12H,8,14H2,1-4H3. The van der Waals surface area contributed by atoms with Gasteiger partial charge in [-0.2, -0.15) is 0 Å². The lowest BCUT2D eigenvalue weighted by atomic mass is 10.0. The number of ether oxygens (including phenoxy) is 2. The van der Waals surface area contributed by atoms with Gasteiger partial charge in [0.2, 0.25) is 0 Å². The summed E-state index contributed by atoms with van der Waals surface area (Å²) in [5.74, 6) is 0.893. The molecule has 0 saturated carbocycles. The fourth-order valence-corrected chi connectivity index (χ4v) is 1.66. The van der Waals surface area contributed by atoms with E-state index in [9.17, 15) is 0 Å². The molecule has 2 atom stereocenters. The molecular formula is C13H21NO2. The number of hydrogen-bond acceptors (Lipinski definition) is 3. The van der Waals surface area contributed by atoms with Crippen molar-refractivity contribution in [2.75, 3.05) is 14.2 Å². The van der Waals surface area contributed by atoms with Gasteiger partial charge in [-0.3, -0.25) is 0 Å². The lowest BCUT2D eigenvalue weighted by Crippen LogP contribution is -2.35. The van der Waals surface area contributed by atoms with Gasteiger partial charge in [0.25, 0.3) is 0 Å². The Bertz CT molecular complexity index is 339. The van der Waals surface area contributed by atoms with Gasteiger partial charge in [-0.25, -0.2) is 0 Å². The highest BCUT2D eigenvalue weighted by Crippen LogP contribution is 2.21.